The molecule has 7 N–H and O–H groups in total. The smallest absolute Gasteiger partial charge is 0.301 e. The lowest BCUT2D eigenvalue weighted by Crippen LogP contribution is -2.47. The van der Waals surface area contributed by atoms with Gasteiger partial charge in [-0.2, -0.15) is 25.4 Å². The number of nitrogens with zero attached hydrogens (tertiary/aromatic N) is 2. The van der Waals surface area contributed by atoms with Crippen LogP contribution in [-0.2, 0) is 41.9 Å². The molecule has 69 heavy (non-hydrogen) atoms. The Hall–Kier alpha value is -5.35. The van der Waals surface area contributed by atoms with Gasteiger partial charge in [0.05, 0.1) is 22.3 Å². The second kappa shape index (κ2) is 29.6. The minimum Gasteiger partial charge on any atom is -0.489 e. The molecule has 0 aromatic heterocycles. The van der Waals surface area contributed by atoms with Gasteiger partial charge in [-0.05, 0) is 99.5 Å². The second-order valence-electron chi connectivity index (χ2n) is 15.4. The SMILES string of the molecule is C.C.CN(C)S(=O)(=O)Cl.CNC(=O)C(Cc1ccc(N)cc1)NC(=O)c1ccc(OC(C)C)c(Cl)c1.CNC(=O)C(Cc1ccc(NS(=O)(=O)N(C)C)cc1)NC(=O)c1ccc(OC(C)C)c(Cl)c1. The van der Waals surface area contributed by atoms with Crippen molar-refractivity contribution < 1.29 is 45.5 Å². The van der Waals surface area contributed by atoms with E-state index >= 15 is 0 Å². The minimum absolute atomic E-state index is 0. The summed E-state index contributed by atoms with van der Waals surface area (Å²) in [7, 11) is 6.29. The highest BCUT2D eigenvalue weighted by Gasteiger charge is 2.24. The molecule has 384 valence electrons. The Bertz CT molecular complexity index is 2520. The van der Waals surface area contributed by atoms with Gasteiger partial charge in [-0.3, -0.25) is 23.9 Å². The number of ether oxygens (including phenoxy) is 2. The van der Waals surface area contributed by atoms with Crippen LogP contribution in [0.4, 0.5) is 11.4 Å². The number of likely N-dealkylation sites (N-methyl/N-ethyl adjacent to an activating group) is 2. The van der Waals surface area contributed by atoms with Gasteiger partial charge in [0.25, 0.3) is 21.1 Å². The van der Waals surface area contributed by atoms with Crippen molar-refractivity contribution in [3.8, 4) is 11.5 Å². The van der Waals surface area contributed by atoms with E-state index in [2.05, 4.69) is 26.0 Å². The fraction of sp³-hybridized carbons (Fsp3) is 0.391. The van der Waals surface area contributed by atoms with E-state index in [0.29, 0.717) is 50.5 Å². The summed E-state index contributed by atoms with van der Waals surface area (Å²) in [5.74, 6) is -0.532. The van der Waals surface area contributed by atoms with Crippen LogP contribution in [0.2, 0.25) is 10.0 Å². The number of hydrogen-bond donors (Lipinski definition) is 6. The van der Waals surface area contributed by atoms with Crippen molar-refractivity contribution >= 4 is 88.3 Å². The van der Waals surface area contributed by atoms with Crippen molar-refractivity contribution in [3.63, 3.8) is 0 Å². The van der Waals surface area contributed by atoms with Gasteiger partial charge >= 0.3 is 10.2 Å². The summed E-state index contributed by atoms with van der Waals surface area (Å²) in [6.45, 7) is 7.52. The first-order valence-electron chi connectivity index (χ1n) is 20.4. The molecule has 0 aliphatic rings. The minimum atomic E-state index is -3.62. The molecule has 4 amide bonds. The Morgan fingerprint density at radius 2 is 0.957 bits per heavy atom. The van der Waals surface area contributed by atoms with Crippen molar-refractivity contribution in [1.82, 2.24) is 29.9 Å². The number of hydrogen-bond acceptors (Lipinski definition) is 11. The van der Waals surface area contributed by atoms with Gasteiger partial charge in [-0.15, -0.1) is 0 Å². The lowest BCUT2D eigenvalue weighted by Gasteiger charge is -2.19. The topological polar surface area (TPSA) is 248 Å². The van der Waals surface area contributed by atoms with Crippen molar-refractivity contribution in [2.24, 2.45) is 0 Å². The van der Waals surface area contributed by atoms with E-state index in [-0.39, 0.29) is 45.3 Å². The van der Waals surface area contributed by atoms with E-state index in [4.69, 9.17) is 49.1 Å². The molecule has 0 fully saturated rings. The van der Waals surface area contributed by atoms with Gasteiger partial charge in [0.2, 0.25) is 11.8 Å². The maximum atomic E-state index is 12.8. The molecule has 2 unspecified atom stereocenters. The summed E-state index contributed by atoms with van der Waals surface area (Å²) in [6.07, 6.45) is 0.451. The number of rotatable bonds is 18. The van der Waals surface area contributed by atoms with Gasteiger partial charge in [-0.25, -0.2) is 0 Å². The van der Waals surface area contributed by atoms with Crippen LogP contribution >= 0.6 is 33.9 Å². The first kappa shape index (κ1) is 63.6. The maximum Gasteiger partial charge on any atom is 0.301 e. The molecule has 4 rings (SSSR count). The number of carbonyl (C=O) groups is 4. The normalized spacial score (nSPS) is 11.8. The molecule has 0 aliphatic heterocycles. The van der Waals surface area contributed by atoms with Gasteiger partial charge in [0.15, 0.2) is 0 Å². The highest BCUT2D eigenvalue weighted by molar-refractivity contribution is 8.11. The Morgan fingerprint density at radius 1 is 0.609 bits per heavy atom. The molecule has 23 heteroatoms. The Balaban J connectivity index is 0.00000116. The predicted molar refractivity (Wildman–Crippen MR) is 278 cm³/mol. The zero-order valence-corrected chi connectivity index (χ0v) is 42.7. The van der Waals surface area contributed by atoms with Crippen LogP contribution in [0.15, 0.2) is 84.9 Å². The number of benzene rings is 4. The summed E-state index contributed by atoms with van der Waals surface area (Å²) >= 11 is 12.4. The van der Waals surface area contributed by atoms with Crippen LogP contribution in [0, 0.1) is 0 Å². The average molecular weight is 1060 g/mol. The molecule has 0 saturated heterocycles. The fourth-order valence-electron chi connectivity index (χ4n) is 5.31. The third kappa shape index (κ3) is 22.3. The van der Waals surface area contributed by atoms with Crippen molar-refractivity contribution in [2.45, 2.75) is 79.7 Å². The Labute approximate surface area is 422 Å². The molecule has 0 saturated carbocycles. The van der Waals surface area contributed by atoms with Crippen molar-refractivity contribution in [3.05, 3.63) is 117 Å². The summed E-state index contributed by atoms with van der Waals surface area (Å²) in [5, 5.41) is 11.2. The van der Waals surface area contributed by atoms with Crippen LogP contribution in [0.25, 0.3) is 0 Å². The zero-order chi connectivity index (χ0) is 50.8. The van der Waals surface area contributed by atoms with Gasteiger partial charge in [0, 0.05) is 88.3 Å². The summed E-state index contributed by atoms with van der Waals surface area (Å²) in [5.41, 5.74) is 8.96. The molecule has 0 radical (unpaired) electrons. The number of amides is 4. The fourth-order valence-corrected chi connectivity index (χ4v) is 6.37. The largest absolute Gasteiger partial charge is 0.489 e. The van der Waals surface area contributed by atoms with Crippen molar-refractivity contribution in [2.75, 3.05) is 52.7 Å². The van der Waals surface area contributed by atoms with E-state index in [1.807, 2.05) is 39.8 Å². The molecule has 2 atom stereocenters. The Kier molecular flexibility index (Phi) is 27.3. The number of anilines is 2. The first-order valence-corrected chi connectivity index (χ1v) is 24.9. The number of nitrogens with one attached hydrogen (secondary N) is 5. The van der Waals surface area contributed by atoms with E-state index in [0.717, 1.165) is 19.7 Å². The monoisotopic (exact) mass is 1060 g/mol. The second-order valence-corrected chi connectivity index (χ2v) is 20.8. The van der Waals surface area contributed by atoms with Crippen LogP contribution in [-0.4, -0.2) is 116 Å². The van der Waals surface area contributed by atoms with E-state index < -0.39 is 43.3 Å². The summed E-state index contributed by atoms with van der Waals surface area (Å²) in [4.78, 5) is 49.9. The highest BCUT2D eigenvalue weighted by atomic mass is 35.7. The molecular weight excluding hydrogens is 995 g/mol. The molecule has 0 spiro atoms. The number of halogens is 3. The molecule has 0 heterocycles. The molecule has 0 aliphatic carbocycles. The lowest BCUT2D eigenvalue weighted by molar-refractivity contribution is -0.123. The maximum absolute atomic E-state index is 12.8. The van der Waals surface area contributed by atoms with E-state index in [1.54, 1.807) is 60.7 Å². The van der Waals surface area contributed by atoms with Crippen molar-refractivity contribution in [1.29, 1.82) is 0 Å². The van der Waals surface area contributed by atoms with Crippen LogP contribution in [0.1, 0.15) is 74.4 Å². The first-order chi connectivity index (χ1) is 31.2. The van der Waals surface area contributed by atoms with Crippen LogP contribution in [0.3, 0.4) is 0 Å². The van der Waals surface area contributed by atoms with E-state index in [1.165, 1.54) is 54.4 Å². The molecule has 4 aromatic rings. The van der Waals surface area contributed by atoms with Gasteiger partial charge < -0.3 is 36.5 Å². The molecular formula is C46H67Cl3N8O10S2. The standard InChI is InChI=1S/C22H29ClN4O5S.C20H24ClN3O3.C2H6ClNO2S.2CH4/c1-14(2)32-20-11-8-16(13-18(20)23)21(28)25-19(22(29)24-3)12-15-6-9-17(10-7-15)26-33(30,31)27(4)5;1-12(2)27-18-9-6-14(11-16(18)21)19(25)24-17(20(26)23-3)10-13-4-7-15(22)8-5-13;1-4(2)7(3,5)6;;/h6-11,13-14,19,26H,12H2,1-5H3,(H,24,29)(H,25,28);4-9,11-12,17H,10,22H2,1-3H3,(H,23,26)(H,24,25);1-2H3;2*1H4. The Morgan fingerprint density at radius 3 is 1.25 bits per heavy atom. The molecule has 18 nitrogen and oxygen atoms in total. The zero-order valence-electron chi connectivity index (χ0n) is 38.8. The average Bonchev–Trinajstić information content (AvgIpc) is 3.25. The quantitative estimate of drug-likeness (QED) is 0.0462. The molecule has 4 aromatic carbocycles. The van der Waals surface area contributed by atoms with Crippen LogP contribution in [0.5, 0.6) is 11.5 Å². The number of nitrogens with two attached hydrogens (primary N) is 1. The summed E-state index contributed by atoms with van der Waals surface area (Å²) in [6, 6.07) is 21.6. The highest BCUT2D eigenvalue weighted by Crippen LogP contribution is 2.28. The number of nitrogen functional groups attached to an aromatic ring is 1. The summed E-state index contributed by atoms with van der Waals surface area (Å²) < 4.78 is 59.5. The van der Waals surface area contributed by atoms with Crippen LogP contribution < -0.4 is 41.2 Å². The lowest BCUT2D eigenvalue weighted by atomic mass is 10.0. The van der Waals surface area contributed by atoms with Gasteiger partial charge in [-0.1, -0.05) is 62.3 Å². The predicted octanol–water partition coefficient (Wildman–Crippen LogP) is 6.53. The molecule has 0 bridgehead atoms. The number of carbonyl (C=O) groups excluding carboxylic acids is 4. The third-order valence-electron chi connectivity index (χ3n) is 8.83. The van der Waals surface area contributed by atoms with Gasteiger partial charge in [0.1, 0.15) is 23.6 Å². The van der Waals surface area contributed by atoms with E-state index in [9.17, 15) is 36.0 Å². The third-order valence-corrected chi connectivity index (χ3v) is 12.6.